The van der Waals surface area contributed by atoms with Gasteiger partial charge in [0.15, 0.2) is 0 Å². The smallest absolute Gasteiger partial charge is 0.229 e. The van der Waals surface area contributed by atoms with E-state index in [4.69, 9.17) is 4.74 Å². The summed E-state index contributed by atoms with van der Waals surface area (Å²) in [6.45, 7) is 7.43. The lowest BCUT2D eigenvalue weighted by Gasteiger charge is -2.32. The van der Waals surface area contributed by atoms with Crippen LogP contribution in [0.3, 0.4) is 0 Å². The lowest BCUT2D eigenvalue weighted by Crippen LogP contribution is -2.38. The Bertz CT molecular complexity index is 921. The van der Waals surface area contributed by atoms with E-state index in [1.165, 1.54) is 5.56 Å². The number of hydrogen-bond acceptors (Lipinski definition) is 4. The fourth-order valence-electron chi connectivity index (χ4n) is 3.94. The topological polar surface area (TPSA) is 61.9 Å². The van der Waals surface area contributed by atoms with Gasteiger partial charge in [-0.05, 0) is 49.2 Å². The van der Waals surface area contributed by atoms with Crippen LogP contribution in [-0.2, 0) is 14.3 Å². The van der Waals surface area contributed by atoms with Crippen molar-refractivity contribution in [2.45, 2.75) is 20.3 Å². The van der Waals surface area contributed by atoms with Crippen molar-refractivity contribution < 1.29 is 14.3 Å². The second-order valence-electron chi connectivity index (χ2n) is 7.78. The molecule has 1 atom stereocenters. The number of ether oxygens (including phenoxy) is 1. The van der Waals surface area contributed by atoms with Gasteiger partial charge in [0.05, 0.1) is 30.5 Å². The van der Waals surface area contributed by atoms with Crippen molar-refractivity contribution >= 4 is 28.9 Å². The molecule has 2 aliphatic rings. The van der Waals surface area contributed by atoms with Gasteiger partial charge in [-0.25, -0.2) is 0 Å². The molecule has 4 rings (SSSR count). The Morgan fingerprint density at radius 2 is 1.76 bits per heavy atom. The predicted octanol–water partition coefficient (Wildman–Crippen LogP) is 3.13. The third-order valence-electron chi connectivity index (χ3n) is 5.79. The summed E-state index contributed by atoms with van der Waals surface area (Å²) in [6.07, 6.45) is 0.230. The summed E-state index contributed by atoms with van der Waals surface area (Å²) in [5.74, 6) is -0.472. The molecule has 2 heterocycles. The monoisotopic (exact) mass is 393 g/mol. The minimum atomic E-state index is -0.359. The number of nitrogens with zero attached hydrogens (tertiary/aromatic N) is 2. The van der Waals surface area contributed by atoms with Crippen molar-refractivity contribution in [2.75, 3.05) is 48.0 Å². The molecule has 0 saturated carbocycles. The number of anilines is 3. The Hall–Kier alpha value is -2.86. The summed E-state index contributed by atoms with van der Waals surface area (Å²) in [4.78, 5) is 29.6. The number of amides is 2. The number of aryl methyl sites for hydroxylation is 2. The highest BCUT2D eigenvalue weighted by Crippen LogP contribution is 2.34. The average Bonchev–Trinajstić information content (AvgIpc) is 3.13. The summed E-state index contributed by atoms with van der Waals surface area (Å²) in [5, 5.41) is 2.98. The zero-order chi connectivity index (χ0) is 20.4. The average molecular weight is 393 g/mol. The number of carbonyl (C=O) groups is 2. The van der Waals surface area contributed by atoms with Crippen LogP contribution in [0.4, 0.5) is 17.1 Å². The van der Waals surface area contributed by atoms with Crippen LogP contribution in [0.1, 0.15) is 17.5 Å². The predicted molar refractivity (Wildman–Crippen MR) is 114 cm³/mol. The molecule has 29 heavy (non-hydrogen) atoms. The molecule has 2 fully saturated rings. The Morgan fingerprint density at radius 1 is 1.03 bits per heavy atom. The molecule has 2 amide bonds. The number of rotatable bonds is 4. The third kappa shape index (κ3) is 4.12. The first kappa shape index (κ1) is 19.5. The Morgan fingerprint density at radius 3 is 2.48 bits per heavy atom. The van der Waals surface area contributed by atoms with Gasteiger partial charge in [-0.3, -0.25) is 9.59 Å². The molecule has 0 bridgehead atoms. The molecule has 6 heteroatoms. The highest BCUT2D eigenvalue weighted by Gasteiger charge is 2.36. The van der Waals surface area contributed by atoms with E-state index >= 15 is 0 Å². The quantitative estimate of drug-likeness (QED) is 0.867. The number of benzene rings is 2. The van der Waals surface area contributed by atoms with Crippen molar-refractivity contribution in [1.82, 2.24) is 0 Å². The largest absolute Gasteiger partial charge is 0.378 e. The molecule has 1 N–H and O–H groups in total. The van der Waals surface area contributed by atoms with Crippen LogP contribution in [0.25, 0.3) is 0 Å². The molecule has 0 aromatic heterocycles. The maximum atomic E-state index is 12.8. The lowest BCUT2D eigenvalue weighted by atomic mass is 10.1. The number of nitrogens with one attached hydrogen (secondary N) is 1. The van der Waals surface area contributed by atoms with E-state index in [2.05, 4.69) is 10.2 Å². The highest BCUT2D eigenvalue weighted by atomic mass is 16.5. The molecular weight excluding hydrogens is 366 g/mol. The molecule has 2 aromatic rings. The van der Waals surface area contributed by atoms with Crippen molar-refractivity contribution in [3.05, 3.63) is 53.6 Å². The van der Waals surface area contributed by atoms with Crippen molar-refractivity contribution in [2.24, 2.45) is 5.92 Å². The van der Waals surface area contributed by atoms with Gasteiger partial charge in [-0.15, -0.1) is 0 Å². The zero-order valence-corrected chi connectivity index (χ0v) is 17.0. The normalized spacial score (nSPS) is 19.5. The summed E-state index contributed by atoms with van der Waals surface area (Å²) >= 11 is 0. The minimum absolute atomic E-state index is 0.00838. The molecule has 1 unspecified atom stereocenters. The van der Waals surface area contributed by atoms with E-state index < -0.39 is 0 Å². The number of carbonyl (C=O) groups excluding carboxylic acids is 2. The maximum absolute atomic E-state index is 12.8. The third-order valence-corrected chi connectivity index (χ3v) is 5.79. The van der Waals surface area contributed by atoms with E-state index in [1.54, 1.807) is 4.90 Å². The van der Waals surface area contributed by atoms with Gasteiger partial charge in [0, 0.05) is 31.7 Å². The standard InChI is InChI=1S/C23H27N3O3/c1-16-7-8-19(13-17(16)2)24-23(28)18-14-22(27)26(15-18)21-6-4-3-5-20(21)25-9-11-29-12-10-25/h3-8,13,18H,9-12,14-15H2,1-2H3,(H,24,28). The van der Waals surface area contributed by atoms with E-state index in [0.29, 0.717) is 19.8 Å². The van der Waals surface area contributed by atoms with E-state index in [-0.39, 0.29) is 24.2 Å². The summed E-state index contributed by atoms with van der Waals surface area (Å²) in [7, 11) is 0. The second-order valence-corrected chi connectivity index (χ2v) is 7.78. The van der Waals surface area contributed by atoms with Crippen LogP contribution >= 0.6 is 0 Å². The first-order valence-corrected chi connectivity index (χ1v) is 10.1. The summed E-state index contributed by atoms with van der Waals surface area (Å²) < 4.78 is 5.45. The number of morpholine rings is 1. The minimum Gasteiger partial charge on any atom is -0.378 e. The van der Waals surface area contributed by atoms with Gasteiger partial charge >= 0.3 is 0 Å². The molecule has 2 saturated heterocycles. The summed E-state index contributed by atoms with van der Waals surface area (Å²) in [5.41, 5.74) is 4.99. The molecule has 0 spiro atoms. The first-order chi connectivity index (χ1) is 14.0. The second kappa shape index (κ2) is 8.25. The van der Waals surface area contributed by atoms with Gasteiger partial charge in [0.25, 0.3) is 0 Å². The van der Waals surface area contributed by atoms with Crippen molar-refractivity contribution in [3.8, 4) is 0 Å². The fourth-order valence-corrected chi connectivity index (χ4v) is 3.94. The molecule has 2 aliphatic heterocycles. The van der Waals surface area contributed by atoms with Crippen LogP contribution in [0.5, 0.6) is 0 Å². The molecule has 6 nitrogen and oxygen atoms in total. The first-order valence-electron chi connectivity index (χ1n) is 10.1. The molecule has 0 aliphatic carbocycles. The van der Waals surface area contributed by atoms with Crippen LogP contribution < -0.4 is 15.1 Å². The molecule has 152 valence electrons. The van der Waals surface area contributed by atoms with Gasteiger partial charge in [0.2, 0.25) is 11.8 Å². The van der Waals surface area contributed by atoms with Crippen LogP contribution in [0.2, 0.25) is 0 Å². The van der Waals surface area contributed by atoms with Crippen molar-refractivity contribution in [1.29, 1.82) is 0 Å². The van der Waals surface area contributed by atoms with Crippen LogP contribution in [0, 0.1) is 19.8 Å². The van der Waals surface area contributed by atoms with E-state index in [0.717, 1.165) is 35.7 Å². The Labute approximate surface area is 171 Å². The number of hydrogen-bond donors (Lipinski definition) is 1. The van der Waals surface area contributed by atoms with Gasteiger partial charge in [-0.2, -0.15) is 0 Å². The molecule has 0 radical (unpaired) electrons. The molecule has 2 aromatic carbocycles. The Kier molecular flexibility index (Phi) is 5.53. The van der Waals surface area contributed by atoms with E-state index in [9.17, 15) is 9.59 Å². The number of para-hydroxylation sites is 2. The highest BCUT2D eigenvalue weighted by molar-refractivity contribution is 6.05. The van der Waals surface area contributed by atoms with Gasteiger partial charge in [0.1, 0.15) is 0 Å². The van der Waals surface area contributed by atoms with E-state index in [1.807, 2.05) is 56.3 Å². The fraction of sp³-hybridized carbons (Fsp3) is 0.391. The van der Waals surface area contributed by atoms with Gasteiger partial charge in [-0.1, -0.05) is 18.2 Å². The van der Waals surface area contributed by atoms with Crippen molar-refractivity contribution in [3.63, 3.8) is 0 Å². The zero-order valence-electron chi connectivity index (χ0n) is 17.0. The maximum Gasteiger partial charge on any atom is 0.229 e. The SMILES string of the molecule is Cc1ccc(NC(=O)C2CC(=O)N(c3ccccc3N3CCOCC3)C2)cc1C. The van der Waals surface area contributed by atoms with Crippen LogP contribution in [-0.4, -0.2) is 44.7 Å². The Balaban J connectivity index is 1.49. The van der Waals surface area contributed by atoms with Crippen LogP contribution in [0.15, 0.2) is 42.5 Å². The lowest BCUT2D eigenvalue weighted by molar-refractivity contribution is -0.122. The van der Waals surface area contributed by atoms with Gasteiger partial charge < -0.3 is 19.9 Å². The summed E-state index contributed by atoms with van der Waals surface area (Å²) in [6, 6.07) is 13.8. The molecular formula is C23H27N3O3.